The first kappa shape index (κ1) is 37.1. The van der Waals surface area contributed by atoms with Gasteiger partial charge >= 0.3 is 16.4 Å². The summed E-state index contributed by atoms with van der Waals surface area (Å²) in [5, 5.41) is 63.6. The molecule has 1 saturated heterocycles. The van der Waals surface area contributed by atoms with Crippen LogP contribution in [-0.2, 0) is 28.9 Å². The minimum atomic E-state index is -4.86. The summed E-state index contributed by atoms with van der Waals surface area (Å²) in [7, 11) is -4.86. The zero-order valence-corrected chi connectivity index (χ0v) is 28.8. The second kappa shape index (κ2) is 13.2. The van der Waals surface area contributed by atoms with E-state index in [4.69, 9.17) is 13.7 Å². The Kier molecular flexibility index (Phi) is 10.4. The van der Waals surface area contributed by atoms with E-state index in [0.717, 1.165) is 18.4 Å². The molecule has 5 aliphatic rings. The van der Waals surface area contributed by atoms with Crippen LogP contribution in [0.15, 0.2) is 11.6 Å². The maximum absolute atomic E-state index is 12.2. The normalized spacial score (nSPS) is 46.6. The highest BCUT2D eigenvalue weighted by atomic mass is 32.3. The molecule has 15 atom stereocenters. The second-order valence-electron chi connectivity index (χ2n) is 16.1. The van der Waals surface area contributed by atoms with Gasteiger partial charge in [-0.25, -0.2) is 8.98 Å². The molecule has 7 N–H and O–H groups in total. The summed E-state index contributed by atoms with van der Waals surface area (Å²) in [6.45, 7) is 10.3. The van der Waals surface area contributed by atoms with Crippen LogP contribution in [0.2, 0.25) is 0 Å². The van der Waals surface area contributed by atoms with Crippen LogP contribution in [0.4, 0.5) is 0 Å². The summed E-state index contributed by atoms with van der Waals surface area (Å²) in [6, 6.07) is 0. The molecule has 13 nitrogen and oxygen atoms in total. The molecule has 14 heteroatoms. The minimum Gasteiger partial charge on any atom is -0.479 e. The molecule has 0 amide bonds. The van der Waals surface area contributed by atoms with E-state index in [9.17, 15) is 48.4 Å². The van der Waals surface area contributed by atoms with E-state index >= 15 is 0 Å². The zero-order chi connectivity index (χ0) is 34.9. The Labute approximate surface area is 277 Å². The van der Waals surface area contributed by atoms with Gasteiger partial charge in [0.1, 0.15) is 18.3 Å². The van der Waals surface area contributed by atoms with Gasteiger partial charge in [-0.05, 0) is 86.4 Å². The topological polar surface area (TPSA) is 221 Å². The second-order valence-corrected chi connectivity index (χ2v) is 17.1. The molecule has 47 heavy (non-hydrogen) atoms. The van der Waals surface area contributed by atoms with Gasteiger partial charge in [-0.1, -0.05) is 52.2 Å². The van der Waals surface area contributed by atoms with Gasteiger partial charge in [0.25, 0.3) is 0 Å². The Bertz CT molecular complexity index is 1300. The van der Waals surface area contributed by atoms with Crippen LogP contribution in [0.3, 0.4) is 0 Å². The van der Waals surface area contributed by atoms with Crippen molar-refractivity contribution in [1.29, 1.82) is 0 Å². The number of rotatable bonds is 10. The van der Waals surface area contributed by atoms with Crippen molar-refractivity contribution < 1.29 is 62.1 Å². The van der Waals surface area contributed by atoms with Gasteiger partial charge < -0.3 is 40.1 Å². The van der Waals surface area contributed by atoms with Gasteiger partial charge in [0, 0.05) is 5.92 Å². The van der Waals surface area contributed by atoms with Gasteiger partial charge in [0.15, 0.2) is 12.4 Å². The highest BCUT2D eigenvalue weighted by Crippen LogP contribution is 2.67. The lowest BCUT2D eigenvalue weighted by Crippen LogP contribution is -2.61. The van der Waals surface area contributed by atoms with Crippen molar-refractivity contribution >= 4 is 16.4 Å². The van der Waals surface area contributed by atoms with Gasteiger partial charge in [0.2, 0.25) is 0 Å². The van der Waals surface area contributed by atoms with Crippen molar-refractivity contribution in [1.82, 2.24) is 0 Å². The van der Waals surface area contributed by atoms with E-state index < -0.39 is 87.7 Å². The molecular weight excluding hydrogens is 636 g/mol. The third-order valence-corrected chi connectivity index (χ3v) is 13.0. The number of aliphatic hydroxyl groups is 5. The molecule has 1 heterocycles. The molecule has 0 bridgehead atoms. The quantitative estimate of drug-likeness (QED) is 0.0994. The van der Waals surface area contributed by atoms with Gasteiger partial charge in [-0.3, -0.25) is 4.55 Å². The summed E-state index contributed by atoms with van der Waals surface area (Å²) in [6.07, 6.45) is -4.05. The first-order valence-electron chi connectivity index (χ1n) is 17.0. The van der Waals surface area contributed by atoms with Crippen molar-refractivity contribution in [2.75, 3.05) is 0 Å². The van der Waals surface area contributed by atoms with Crippen molar-refractivity contribution in [2.24, 2.45) is 40.4 Å². The van der Waals surface area contributed by atoms with E-state index in [-0.39, 0.29) is 30.6 Å². The van der Waals surface area contributed by atoms with Crippen LogP contribution in [-0.4, -0.2) is 104 Å². The highest BCUT2D eigenvalue weighted by molar-refractivity contribution is 7.80. The number of carboxylic acid groups (broad SMARTS) is 1. The predicted octanol–water partition coefficient (Wildman–Crippen LogP) is 2.19. The molecule has 5 rings (SSSR count). The third-order valence-electron chi connectivity index (χ3n) is 12.5. The van der Waals surface area contributed by atoms with Gasteiger partial charge in [-0.2, -0.15) is 8.42 Å². The average Bonchev–Trinajstić information content (AvgIpc) is 3.23. The number of allylic oxidation sites excluding steroid dienone is 2. The first-order chi connectivity index (χ1) is 21.7. The fraction of sp³-hybridized carbons (Fsp3) is 0.909. The highest BCUT2D eigenvalue weighted by Gasteiger charge is 2.64. The van der Waals surface area contributed by atoms with Crippen LogP contribution < -0.4 is 0 Å². The van der Waals surface area contributed by atoms with Crippen molar-refractivity contribution in [2.45, 2.75) is 147 Å². The Morgan fingerprint density at radius 3 is 2.38 bits per heavy atom. The van der Waals surface area contributed by atoms with E-state index in [1.165, 1.54) is 0 Å². The minimum absolute atomic E-state index is 0.0648. The van der Waals surface area contributed by atoms with E-state index in [1.54, 1.807) is 0 Å². The van der Waals surface area contributed by atoms with Crippen molar-refractivity contribution in [3.05, 3.63) is 11.6 Å². The Balaban J connectivity index is 1.41. The number of carbonyl (C=O) groups is 1. The lowest BCUT2D eigenvalue weighted by molar-refractivity contribution is -0.309. The smallest absolute Gasteiger partial charge is 0.397 e. The van der Waals surface area contributed by atoms with Crippen LogP contribution in [0.25, 0.3) is 0 Å². The summed E-state index contributed by atoms with van der Waals surface area (Å²) in [4.78, 5) is 11.6. The fourth-order valence-corrected chi connectivity index (χ4v) is 10.9. The number of aliphatic hydroxyl groups excluding tert-OH is 4. The number of ether oxygens (including phenoxy) is 2. The Hall–Kier alpha value is -1.20. The van der Waals surface area contributed by atoms with Gasteiger partial charge in [0.05, 0.1) is 23.9 Å². The summed E-state index contributed by atoms with van der Waals surface area (Å²) in [5.74, 6) is -2.11. The molecule has 0 spiro atoms. The maximum Gasteiger partial charge on any atom is 0.397 e. The molecule has 0 unspecified atom stereocenters. The summed E-state index contributed by atoms with van der Waals surface area (Å²) < 4.78 is 50.9. The molecule has 4 aliphatic carbocycles. The van der Waals surface area contributed by atoms with Crippen LogP contribution in [0, 0.1) is 40.4 Å². The monoisotopic (exact) mass is 690 g/mol. The molecular formula is C33H54O13S. The lowest BCUT2D eigenvalue weighted by Gasteiger charge is -2.59. The fourth-order valence-electron chi connectivity index (χ4n) is 10.4. The van der Waals surface area contributed by atoms with Crippen LogP contribution >= 0.6 is 0 Å². The molecule has 0 radical (unpaired) electrons. The average molecular weight is 691 g/mol. The molecule has 0 aromatic heterocycles. The van der Waals surface area contributed by atoms with Crippen LogP contribution in [0.5, 0.6) is 0 Å². The maximum atomic E-state index is 12.2. The molecule has 4 fully saturated rings. The number of hydrogen-bond donors (Lipinski definition) is 7. The Morgan fingerprint density at radius 2 is 1.77 bits per heavy atom. The predicted molar refractivity (Wildman–Crippen MR) is 167 cm³/mol. The molecule has 3 saturated carbocycles. The molecule has 0 aromatic carbocycles. The summed E-state index contributed by atoms with van der Waals surface area (Å²) >= 11 is 0. The van der Waals surface area contributed by atoms with Crippen LogP contribution in [0.1, 0.15) is 92.4 Å². The largest absolute Gasteiger partial charge is 0.479 e. The SMILES string of the molecule is CC(C)CCC[C@](C)(O)[C@H]1[C@@H](O)C[C@H]2[C@@H]3C[C@H](OS(=O)(=O)O)[C@H]4C[C@@H](O[C@@H]5O[C@H](C(=O)O)[C@@H](O)[C@H](O)[C@H]5O)CC[C@]4(C)C3=CC[C@@]21C. The zero-order valence-electron chi connectivity index (χ0n) is 27.9. The standard InChI is InChI=1S/C33H54O13S/c1-16(2)7-6-10-33(5,40)28-22(34)15-20-18-14-23(46-47(41,42)43)21-13-17(8-11-31(21,3)19(18)9-12-32(20,28)4)44-30-26(37)24(35)25(36)27(45-30)29(38)39/h9,16-18,20-28,30,34-37,40H,6-8,10-15H2,1-5H3,(H,38,39)(H,41,42,43)/t17-,18+,20-,21+,22-,23-,24-,25-,26+,27-,28-,30+,31+,32-,33-/m0/s1. The first-order valence-corrected chi connectivity index (χ1v) is 18.4. The van der Waals surface area contributed by atoms with E-state index in [1.807, 2.05) is 13.8 Å². The Morgan fingerprint density at radius 1 is 1.09 bits per heavy atom. The molecule has 1 aliphatic heterocycles. The molecule has 0 aromatic rings. The lowest BCUT2D eigenvalue weighted by atomic mass is 9.47. The van der Waals surface area contributed by atoms with E-state index in [0.29, 0.717) is 38.0 Å². The number of hydrogen-bond acceptors (Lipinski definition) is 11. The number of aliphatic carboxylic acids is 1. The third kappa shape index (κ3) is 6.93. The van der Waals surface area contributed by atoms with E-state index in [2.05, 4.69) is 26.8 Å². The van der Waals surface area contributed by atoms with Gasteiger partial charge in [-0.15, -0.1) is 0 Å². The van der Waals surface area contributed by atoms with Crippen molar-refractivity contribution in [3.8, 4) is 0 Å². The molecule has 270 valence electrons. The number of carboxylic acids is 1. The summed E-state index contributed by atoms with van der Waals surface area (Å²) in [5.41, 5.74) is -0.988. The van der Waals surface area contributed by atoms with Crippen molar-refractivity contribution in [3.63, 3.8) is 0 Å². The number of fused-ring (bicyclic) bond motifs is 5.